The number of benzene rings is 2. The van der Waals surface area contributed by atoms with Crippen LogP contribution in [0, 0.1) is 6.92 Å². The zero-order valence-corrected chi connectivity index (χ0v) is 23.6. The van der Waals surface area contributed by atoms with Gasteiger partial charge in [0.25, 0.3) is 0 Å². The van der Waals surface area contributed by atoms with E-state index in [1.54, 1.807) is 31.5 Å². The Balaban J connectivity index is 1.72. The van der Waals surface area contributed by atoms with Gasteiger partial charge in [-0.1, -0.05) is 0 Å². The monoisotopic (exact) mass is 561 g/mol. The fourth-order valence-electron chi connectivity index (χ4n) is 4.23. The van der Waals surface area contributed by atoms with Crippen LogP contribution < -0.4 is 33.7 Å². The molecule has 2 heterocycles. The molecule has 1 aliphatic rings. The second-order valence-electron chi connectivity index (χ2n) is 8.82. The molecule has 0 spiro atoms. The summed E-state index contributed by atoms with van der Waals surface area (Å²) in [5, 5.41) is 6.59. The smallest absolute Gasteiger partial charge is 0.232 e. The molecule has 2 aromatic carbocycles. The molecule has 38 heavy (non-hydrogen) atoms. The molecule has 4 rings (SSSR count). The van der Waals surface area contributed by atoms with E-state index in [0.717, 1.165) is 43.7 Å². The van der Waals surface area contributed by atoms with Crippen LogP contribution in [0.15, 0.2) is 42.9 Å². The lowest BCUT2D eigenvalue weighted by molar-refractivity contribution is 0.415. The van der Waals surface area contributed by atoms with Crippen LogP contribution in [0.3, 0.4) is 0 Å². The molecule has 1 aliphatic heterocycles. The molecule has 11 nitrogen and oxygen atoms in total. The summed E-state index contributed by atoms with van der Waals surface area (Å²) in [6, 6.07) is 9.03. The van der Waals surface area contributed by atoms with Crippen molar-refractivity contribution in [2.24, 2.45) is 0 Å². The molecule has 0 aliphatic carbocycles. The van der Waals surface area contributed by atoms with E-state index in [-0.39, 0.29) is 0 Å². The van der Waals surface area contributed by atoms with E-state index in [1.165, 1.54) is 29.2 Å². The van der Waals surface area contributed by atoms with Crippen LogP contribution in [0.1, 0.15) is 5.56 Å². The van der Waals surface area contributed by atoms with Crippen molar-refractivity contribution in [3.05, 3.63) is 48.4 Å². The zero-order chi connectivity index (χ0) is 27.4. The maximum atomic E-state index is 12.3. The first-order valence-corrected chi connectivity index (χ1v) is 14.1. The summed E-state index contributed by atoms with van der Waals surface area (Å²) in [7, 11) is 1.04. The predicted molar refractivity (Wildman–Crippen MR) is 152 cm³/mol. The van der Waals surface area contributed by atoms with Crippen LogP contribution in [-0.4, -0.2) is 72.1 Å². The summed E-state index contributed by atoms with van der Waals surface area (Å²) in [4.78, 5) is 10.9. The molecule has 0 amide bonds. The number of sulfonamides is 1. The van der Waals surface area contributed by atoms with Crippen LogP contribution in [0.4, 0.5) is 34.3 Å². The highest BCUT2D eigenvalue weighted by Gasteiger charge is 2.23. The van der Waals surface area contributed by atoms with Crippen molar-refractivity contribution < 1.29 is 17.9 Å². The summed E-state index contributed by atoms with van der Waals surface area (Å²) < 4.78 is 38.3. The number of aromatic nitrogens is 2. The Kier molecular flexibility index (Phi) is 8.34. The van der Waals surface area contributed by atoms with Crippen molar-refractivity contribution in [2.45, 2.75) is 6.92 Å². The van der Waals surface area contributed by atoms with Crippen molar-refractivity contribution >= 4 is 56.1 Å². The highest BCUT2D eigenvalue weighted by Crippen LogP contribution is 2.43. The Bertz CT molecular complexity index is 1400. The van der Waals surface area contributed by atoms with Gasteiger partial charge in [-0.05, 0) is 30.7 Å². The number of anilines is 6. The van der Waals surface area contributed by atoms with Gasteiger partial charge in [0, 0.05) is 62.8 Å². The molecule has 1 aromatic heterocycles. The molecule has 13 heteroatoms. The number of ether oxygens (including phenoxy) is 2. The van der Waals surface area contributed by atoms with Gasteiger partial charge in [-0.3, -0.25) is 4.31 Å². The number of aryl methyl sites for hydroxylation is 1. The largest absolute Gasteiger partial charge is 0.497 e. The second-order valence-corrected chi connectivity index (χ2v) is 11.2. The van der Waals surface area contributed by atoms with Crippen molar-refractivity contribution in [1.29, 1.82) is 0 Å². The van der Waals surface area contributed by atoms with Crippen molar-refractivity contribution in [1.82, 2.24) is 15.3 Å². The highest BCUT2D eigenvalue weighted by molar-refractivity contribution is 7.92. The van der Waals surface area contributed by atoms with Gasteiger partial charge in [0.05, 0.1) is 38.0 Å². The minimum Gasteiger partial charge on any atom is -0.497 e. The third kappa shape index (κ3) is 5.82. The number of hydrogen-bond acceptors (Lipinski definition) is 10. The van der Waals surface area contributed by atoms with E-state index < -0.39 is 10.0 Å². The molecule has 0 atom stereocenters. The molecule has 0 saturated carbocycles. The van der Waals surface area contributed by atoms with E-state index in [4.69, 9.17) is 21.3 Å². The maximum Gasteiger partial charge on any atom is 0.232 e. The number of rotatable bonds is 9. The maximum absolute atomic E-state index is 12.3. The fraction of sp³-hybridized carbons (Fsp3) is 0.360. The topological polar surface area (TPSA) is 112 Å². The van der Waals surface area contributed by atoms with Gasteiger partial charge in [-0.2, -0.15) is 0 Å². The van der Waals surface area contributed by atoms with E-state index in [0.29, 0.717) is 40.1 Å². The number of nitrogens with zero attached hydrogens (tertiary/aromatic N) is 5. The Morgan fingerprint density at radius 1 is 1.08 bits per heavy atom. The number of halogens is 1. The van der Waals surface area contributed by atoms with Crippen LogP contribution in [-0.2, 0) is 10.0 Å². The fourth-order valence-corrected chi connectivity index (χ4v) is 4.99. The van der Waals surface area contributed by atoms with Gasteiger partial charge in [0.1, 0.15) is 29.2 Å². The first-order valence-electron chi connectivity index (χ1n) is 11.9. The summed E-state index contributed by atoms with van der Waals surface area (Å²) in [5.74, 6) is 1.47. The normalized spacial score (nSPS) is 13.7. The van der Waals surface area contributed by atoms with E-state index in [9.17, 15) is 8.42 Å². The first-order chi connectivity index (χ1) is 18.1. The second kappa shape index (κ2) is 11.5. The Hall–Kier alpha value is -3.48. The molecule has 1 saturated heterocycles. The van der Waals surface area contributed by atoms with E-state index in [2.05, 4.69) is 25.5 Å². The molecule has 0 bridgehead atoms. The quantitative estimate of drug-likeness (QED) is 0.375. The lowest BCUT2D eigenvalue weighted by Gasteiger charge is -2.32. The molecule has 204 valence electrons. The molecular weight excluding hydrogens is 530 g/mol. The molecule has 2 N–H and O–H groups in total. The van der Waals surface area contributed by atoms with Crippen LogP contribution in [0.5, 0.6) is 11.5 Å². The average molecular weight is 562 g/mol. The van der Waals surface area contributed by atoms with Crippen LogP contribution in [0.25, 0.3) is 0 Å². The van der Waals surface area contributed by atoms with Crippen molar-refractivity contribution in [3.63, 3.8) is 0 Å². The number of piperazine rings is 1. The standard InChI is InChI=1S/C25H32ClN7O4S/c1-17-12-22(24(37-4)14-20(17)32-10-8-27-9-11-32)33(26)23-15-28-16-29-25(23)30-19-7-6-18(36-3)13-21(19)31(2)38(5,34)35/h6-7,12-16,27H,8-11H2,1-5H3,(H,28,29,30). The third-order valence-corrected chi connectivity index (χ3v) is 7.92. The Morgan fingerprint density at radius 2 is 1.82 bits per heavy atom. The molecule has 0 unspecified atom stereocenters. The lowest BCUT2D eigenvalue weighted by atomic mass is 10.1. The Labute approximate surface area is 228 Å². The molecule has 1 fully saturated rings. The highest BCUT2D eigenvalue weighted by atomic mass is 35.5. The van der Waals surface area contributed by atoms with Gasteiger partial charge in [0.2, 0.25) is 10.0 Å². The summed E-state index contributed by atoms with van der Waals surface area (Å²) in [6.45, 7) is 5.68. The van der Waals surface area contributed by atoms with Crippen LogP contribution in [0.2, 0.25) is 0 Å². The molecule has 0 radical (unpaired) electrons. The third-order valence-electron chi connectivity index (χ3n) is 6.37. The SMILES string of the molecule is COc1ccc(Nc2ncncc2N(Cl)c2cc(C)c(N3CCNCC3)cc2OC)c(N(C)S(C)(=O)=O)c1. The van der Waals surface area contributed by atoms with Gasteiger partial charge in [0.15, 0.2) is 5.82 Å². The van der Waals surface area contributed by atoms with Gasteiger partial charge >= 0.3 is 0 Å². The minimum absolute atomic E-state index is 0.370. The predicted octanol–water partition coefficient (Wildman–Crippen LogP) is 3.64. The van der Waals surface area contributed by atoms with E-state index >= 15 is 0 Å². The Morgan fingerprint density at radius 3 is 2.47 bits per heavy atom. The molecular formula is C25H32ClN7O4S. The zero-order valence-electron chi connectivity index (χ0n) is 22.0. The van der Waals surface area contributed by atoms with Gasteiger partial charge in [-0.25, -0.2) is 22.8 Å². The van der Waals surface area contributed by atoms with Gasteiger partial charge < -0.3 is 25.0 Å². The van der Waals surface area contributed by atoms with Crippen molar-refractivity contribution in [2.75, 3.05) is 72.6 Å². The molecule has 3 aromatic rings. The summed E-state index contributed by atoms with van der Waals surface area (Å²) >= 11 is 6.90. The summed E-state index contributed by atoms with van der Waals surface area (Å²) in [6.07, 6.45) is 4.09. The van der Waals surface area contributed by atoms with Crippen LogP contribution >= 0.6 is 11.8 Å². The number of hydrogen-bond donors (Lipinski definition) is 2. The number of methoxy groups -OCH3 is 2. The average Bonchev–Trinajstić information content (AvgIpc) is 2.92. The number of nitrogens with one attached hydrogen (secondary N) is 2. The van der Waals surface area contributed by atoms with Crippen molar-refractivity contribution in [3.8, 4) is 11.5 Å². The minimum atomic E-state index is -3.55. The lowest BCUT2D eigenvalue weighted by Crippen LogP contribution is -2.43. The van der Waals surface area contributed by atoms with Gasteiger partial charge in [-0.15, -0.1) is 0 Å². The van der Waals surface area contributed by atoms with E-state index in [1.807, 2.05) is 19.1 Å². The summed E-state index contributed by atoms with van der Waals surface area (Å²) in [5.41, 5.74) is 4.07. The first kappa shape index (κ1) is 27.6.